The van der Waals surface area contributed by atoms with Crippen LogP contribution in [0.5, 0.6) is 0 Å². The van der Waals surface area contributed by atoms with Gasteiger partial charge in [-0.25, -0.2) is 20.0 Å². The lowest BCUT2D eigenvalue weighted by atomic mass is 9.89. The first kappa shape index (κ1) is 42.8. The van der Waals surface area contributed by atoms with E-state index in [4.69, 9.17) is 20.0 Å². The molecule has 4 aromatic carbocycles. The van der Waals surface area contributed by atoms with Crippen LogP contribution in [0.4, 0.5) is 0 Å². The predicted molar refractivity (Wildman–Crippen MR) is 274 cm³/mol. The zero-order valence-electron chi connectivity index (χ0n) is 38.6. The van der Waals surface area contributed by atoms with E-state index < -0.39 is 0 Å². The Morgan fingerprint density at radius 2 is 0.750 bits per heavy atom. The third-order valence-electron chi connectivity index (χ3n) is 12.5. The second kappa shape index (κ2) is 17.2. The Kier molecular flexibility index (Phi) is 11.5. The largest absolute Gasteiger partial charge is 0.288 e. The molecule has 5 heterocycles. The highest BCUT2D eigenvalue weighted by molar-refractivity contribution is 8.13. The summed E-state index contributed by atoms with van der Waals surface area (Å²) in [5.74, 6) is 0.816. The maximum atomic E-state index is 11.6. The first-order chi connectivity index (χ1) is 30.7. The SMILES string of the molecule is CC(=O)SCCCc1ccc(C2=C3C=CC(=N3)C(c3c(C)cc(C)cc3C)=C3C=CC(=N3)C(c3c(C)cc(C)cc3C)=C3C=CC(=N3)C(c3c(C)cc(C)cc3C)=C3C=CC2=N3)cc1. The highest BCUT2D eigenvalue weighted by atomic mass is 32.2. The van der Waals surface area contributed by atoms with Gasteiger partial charge in [-0.15, -0.1) is 0 Å². The molecule has 9 rings (SSSR count). The van der Waals surface area contributed by atoms with E-state index in [1.165, 1.54) is 67.4 Å². The highest BCUT2D eigenvalue weighted by Gasteiger charge is 2.30. The van der Waals surface area contributed by atoms with Crippen LogP contribution >= 0.6 is 11.8 Å². The van der Waals surface area contributed by atoms with Gasteiger partial charge in [-0.2, -0.15) is 0 Å². The number of rotatable bonds is 8. The summed E-state index contributed by atoms with van der Waals surface area (Å²) in [5, 5.41) is 0.163. The lowest BCUT2D eigenvalue weighted by Crippen LogP contribution is -2.07. The van der Waals surface area contributed by atoms with Gasteiger partial charge >= 0.3 is 0 Å². The molecule has 4 aromatic rings. The maximum Gasteiger partial charge on any atom is 0.185 e. The van der Waals surface area contributed by atoms with Crippen LogP contribution in [0.25, 0.3) is 22.3 Å². The summed E-state index contributed by atoms with van der Waals surface area (Å²) in [7, 11) is 0. The molecule has 5 nitrogen and oxygen atoms in total. The summed E-state index contributed by atoms with van der Waals surface area (Å²) in [6.07, 6.45) is 19.1. The van der Waals surface area contributed by atoms with Gasteiger partial charge in [-0.05, 0) is 185 Å². The quantitative estimate of drug-likeness (QED) is 0.166. The minimum absolute atomic E-state index is 0.163. The van der Waals surface area contributed by atoms with Crippen molar-refractivity contribution < 1.29 is 4.79 Å². The Hall–Kier alpha value is -6.50. The van der Waals surface area contributed by atoms with Crippen LogP contribution in [0.3, 0.4) is 0 Å². The second-order valence-corrected chi connectivity index (χ2v) is 19.1. The number of thioether (sulfide) groups is 1. The van der Waals surface area contributed by atoms with Crippen molar-refractivity contribution in [2.75, 3.05) is 5.75 Å². The van der Waals surface area contributed by atoms with Gasteiger partial charge < -0.3 is 0 Å². The first-order valence-electron chi connectivity index (χ1n) is 22.3. The van der Waals surface area contributed by atoms with Crippen molar-refractivity contribution in [3.8, 4) is 0 Å². The Morgan fingerprint density at radius 1 is 0.438 bits per heavy atom. The van der Waals surface area contributed by atoms with Gasteiger partial charge in [-0.3, -0.25) is 4.79 Å². The Balaban J connectivity index is 1.34. The van der Waals surface area contributed by atoms with Gasteiger partial charge in [0.15, 0.2) is 5.12 Å². The molecule has 0 atom stereocenters. The molecule has 0 unspecified atom stereocenters. The molecule has 6 heteroatoms. The van der Waals surface area contributed by atoms with Crippen molar-refractivity contribution in [2.24, 2.45) is 20.0 Å². The van der Waals surface area contributed by atoms with Crippen LogP contribution < -0.4 is 0 Å². The second-order valence-electron chi connectivity index (χ2n) is 17.8. The first-order valence-corrected chi connectivity index (χ1v) is 23.3. The van der Waals surface area contributed by atoms with E-state index >= 15 is 0 Å². The van der Waals surface area contributed by atoms with Crippen molar-refractivity contribution >= 4 is 62.0 Å². The van der Waals surface area contributed by atoms with Crippen LogP contribution in [0.15, 0.2) is 152 Å². The maximum absolute atomic E-state index is 11.6. The summed E-state index contributed by atoms with van der Waals surface area (Å²) in [6.45, 7) is 21.3. The molecule has 5 aliphatic rings. The van der Waals surface area contributed by atoms with Crippen molar-refractivity contribution in [1.29, 1.82) is 0 Å². The normalized spacial score (nSPS) is 16.5. The molecule has 0 fully saturated rings. The number of fused-ring (bicyclic) bond motifs is 4. The Labute approximate surface area is 382 Å². The topological polar surface area (TPSA) is 66.5 Å². The molecule has 0 spiro atoms. The summed E-state index contributed by atoms with van der Waals surface area (Å²) in [4.78, 5) is 33.9. The number of carbonyl (C=O) groups is 1. The number of nitrogens with zero attached hydrogens (tertiary/aromatic N) is 4. The van der Waals surface area contributed by atoms with E-state index in [1.54, 1.807) is 6.92 Å². The number of carbonyl (C=O) groups excluding carboxylic acids is 1. The average molecular weight is 855 g/mol. The van der Waals surface area contributed by atoms with Gasteiger partial charge in [0.05, 0.1) is 45.6 Å². The molecule has 0 N–H and O–H groups in total. The van der Waals surface area contributed by atoms with Crippen LogP contribution in [0.2, 0.25) is 0 Å². The third kappa shape index (κ3) is 8.12. The number of hydrogen-bond donors (Lipinski definition) is 0. The van der Waals surface area contributed by atoms with Crippen molar-refractivity contribution in [1.82, 2.24) is 0 Å². The van der Waals surface area contributed by atoms with Crippen LogP contribution in [-0.2, 0) is 11.2 Å². The standard InChI is InChI=1S/C58H54N4OS/c1-32-26-35(4)52(36(5)27-32)56-46-19-17-44(59-46)55(43-15-13-42(14-16-43)12-11-25-64-41(10)63)45-18-20-47(60-45)57(53-37(6)28-33(2)29-38(53)7)49-22-24-51(62-49)58(50-23-21-48(56)61-50)54-39(8)30-34(3)31-40(54)9/h13-24,26-31H,11-12,25H2,1-10H3. The van der Waals surface area contributed by atoms with E-state index in [1.807, 2.05) is 0 Å². The van der Waals surface area contributed by atoms with Crippen molar-refractivity contribution in [2.45, 2.75) is 82.1 Å². The monoisotopic (exact) mass is 854 g/mol. The lowest BCUT2D eigenvalue weighted by Gasteiger charge is -2.18. The van der Waals surface area contributed by atoms with E-state index in [0.717, 1.165) is 109 Å². The zero-order chi connectivity index (χ0) is 45.0. The van der Waals surface area contributed by atoms with E-state index in [9.17, 15) is 4.79 Å². The molecule has 0 radical (unpaired) electrons. The van der Waals surface area contributed by atoms with E-state index in [0.29, 0.717) is 0 Å². The average Bonchev–Trinajstić information content (AvgIpc) is 4.07. The van der Waals surface area contributed by atoms with Crippen LogP contribution in [-0.4, -0.2) is 33.7 Å². The Bertz CT molecular complexity index is 3000. The number of benzene rings is 4. The smallest absolute Gasteiger partial charge is 0.185 e. The molecular formula is C58H54N4OS. The molecule has 8 bridgehead atoms. The van der Waals surface area contributed by atoms with Gasteiger partial charge in [0.2, 0.25) is 0 Å². The summed E-state index contributed by atoms with van der Waals surface area (Å²) in [5.41, 5.74) is 27.4. The van der Waals surface area contributed by atoms with Crippen molar-refractivity contribution in [3.63, 3.8) is 0 Å². The zero-order valence-corrected chi connectivity index (χ0v) is 39.4. The van der Waals surface area contributed by atoms with Crippen LogP contribution in [0.1, 0.15) is 91.2 Å². The van der Waals surface area contributed by atoms with Gasteiger partial charge in [0.1, 0.15) is 0 Å². The third-order valence-corrected chi connectivity index (χ3v) is 13.4. The molecule has 0 saturated heterocycles. The van der Waals surface area contributed by atoms with Gasteiger partial charge in [0, 0.05) is 35.0 Å². The molecule has 0 amide bonds. The lowest BCUT2D eigenvalue weighted by molar-refractivity contribution is -0.109. The fourth-order valence-corrected chi connectivity index (χ4v) is 10.8. The van der Waals surface area contributed by atoms with Crippen LogP contribution in [0, 0.1) is 62.3 Å². The van der Waals surface area contributed by atoms with E-state index in [2.05, 4.69) is 172 Å². The molecule has 64 heavy (non-hydrogen) atoms. The molecule has 5 aliphatic heterocycles. The number of aliphatic imine (C=N–C) groups is 4. The molecular weight excluding hydrogens is 801 g/mol. The highest BCUT2D eigenvalue weighted by Crippen LogP contribution is 2.42. The summed E-state index contributed by atoms with van der Waals surface area (Å²) >= 11 is 1.39. The van der Waals surface area contributed by atoms with Crippen molar-refractivity contribution in [3.05, 3.63) is 210 Å². The summed E-state index contributed by atoms with van der Waals surface area (Å²) < 4.78 is 0. The molecule has 318 valence electrons. The molecule has 0 saturated carbocycles. The minimum Gasteiger partial charge on any atom is -0.288 e. The fourth-order valence-electron chi connectivity index (χ4n) is 10.2. The molecule has 0 aliphatic carbocycles. The van der Waals surface area contributed by atoms with Gasteiger partial charge in [0.25, 0.3) is 0 Å². The fraction of sp³-hybridized carbons (Fsp3) is 0.224. The summed E-state index contributed by atoms with van der Waals surface area (Å²) in [6, 6.07) is 22.4. The number of allylic oxidation sites excluding steroid dienone is 12. The molecule has 0 aromatic heterocycles. The minimum atomic E-state index is 0.163. The van der Waals surface area contributed by atoms with E-state index in [-0.39, 0.29) is 5.12 Å². The number of aryl methyl sites for hydroxylation is 10. The number of hydrogen-bond acceptors (Lipinski definition) is 6. The van der Waals surface area contributed by atoms with Gasteiger partial charge in [-0.1, -0.05) is 89.1 Å². The predicted octanol–water partition coefficient (Wildman–Crippen LogP) is 13.7. The Morgan fingerprint density at radius 3 is 1.08 bits per heavy atom.